The van der Waals surface area contributed by atoms with Crippen molar-refractivity contribution in [2.24, 2.45) is 0 Å². The summed E-state index contributed by atoms with van der Waals surface area (Å²) in [5.74, 6) is 0. The molecule has 4 aliphatic carbocycles. The van der Waals surface area contributed by atoms with Crippen molar-refractivity contribution in [3.05, 3.63) is 287 Å². The molecular weight excluding hydrogens is 993 g/mol. The monoisotopic (exact) mass is 1050 g/mol. The Balaban J connectivity index is 0.710. The minimum absolute atomic E-state index is 0.167. The molecule has 82 heavy (non-hydrogen) atoms. The molecule has 3 heterocycles. The molecule has 0 radical (unpaired) electrons. The van der Waals surface area contributed by atoms with Crippen molar-refractivity contribution in [1.82, 2.24) is 4.57 Å². The van der Waals surface area contributed by atoms with Crippen LogP contribution in [0, 0.1) is 0 Å². The maximum atomic E-state index is 7.13. The number of furan rings is 1. The van der Waals surface area contributed by atoms with E-state index in [1.165, 1.54) is 144 Å². The summed E-state index contributed by atoms with van der Waals surface area (Å²) in [6.45, 7) is 12.3. The zero-order valence-corrected chi connectivity index (χ0v) is 46.9. The Morgan fingerprint density at radius 1 is 0.476 bits per heavy atom. The molecule has 0 spiro atoms. The number of allylic oxidation sites excluding steroid dienone is 6. The Morgan fingerprint density at radius 3 is 1.85 bits per heavy atom. The molecule has 392 valence electrons. The van der Waals surface area contributed by atoms with Crippen molar-refractivity contribution in [1.29, 1.82) is 0 Å². The third kappa shape index (κ3) is 6.59. The molecule has 5 aliphatic rings. The highest BCUT2D eigenvalue weighted by molar-refractivity contribution is 6.21. The summed E-state index contributed by atoms with van der Waals surface area (Å²) in [5, 5.41) is 4.94. The number of fused-ring (bicyclic) bond motifs is 18. The highest BCUT2D eigenvalue weighted by Gasteiger charge is 2.49. The van der Waals surface area contributed by atoms with Gasteiger partial charge in [0, 0.05) is 66.0 Å². The molecule has 0 saturated heterocycles. The second-order valence-electron chi connectivity index (χ2n) is 24.9. The number of hydrogen-bond donors (Lipinski definition) is 0. The number of hydrogen-bond acceptors (Lipinski definition) is 2. The average Bonchev–Trinajstić information content (AvgIpc) is 2.84. The minimum Gasteiger partial charge on any atom is -0.455 e. The van der Waals surface area contributed by atoms with E-state index in [4.69, 9.17) is 4.42 Å². The Labute approximate surface area is 479 Å². The first kappa shape index (κ1) is 47.4. The summed E-state index contributed by atoms with van der Waals surface area (Å²) in [6.07, 6.45) is 14.2. The van der Waals surface area contributed by atoms with Crippen LogP contribution in [-0.2, 0) is 16.2 Å². The lowest BCUT2D eigenvalue weighted by Gasteiger charge is -2.33. The smallest absolute Gasteiger partial charge is 0.144 e. The maximum Gasteiger partial charge on any atom is 0.144 e. The van der Waals surface area contributed by atoms with Gasteiger partial charge in [0.15, 0.2) is 0 Å². The van der Waals surface area contributed by atoms with E-state index in [9.17, 15) is 0 Å². The van der Waals surface area contributed by atoms with Crippen LogP contribution in [0.25, 0.3) is 99.5 Å². The van der Waals surface area contributed by atoms with Gasteiger partial charge in [-0.2, -0.15) is 0 Å². The third-order valence-corrected chi connectivity index (χ3v) is 19.7. The molecule has 0 saturated carbocycles. The van der Waals surface area contributed by atoms with Crippen LogP contribution in [-0.4, -0.2) is 10.6 Å². The van der Waals surface area contributed by atoms with Gasteiger partial charge in [-0.05, 0) is 163 Å². The molecule has 3 nitrogen and oxygen atoms in total. The van der Waals surface area contributed by atoms with Crippen LogP contribution in [0.1, 0.15) is 80.8 Å². The Kier molecular flexibility index (Phi) is 9.85. The average molecular weight is 1050 g/mol. The van der Waals surface area contributed by atoms with Gasteiger partial charge >= 0.3 is 0 Å². The quantitative estimate of drug-likeness (QED) is 0.165. The standard InChI is InChI=1S/C79H60N2O/c1-77(2)64-46-53(49-30-28-48(29-31-49)51-33-38-68-62(44-51)57-22-12-15-25-66(57)80(68)55-18-8-6-9-19-55)32-36-60(64)73-75(77)74-71(72-61-24-14-17-27-70(61)82-76(72)73)59-37-35-54(47-65(59)78(74,3)4)79(5)42-40-50(41-43-79)52-34-39-69-63(45-52)58-23-13-16-26-67(58)81(69)56-20-10-7-11-21-56/h6-38,40-42,44-47,69H,39,43H2,1-5H3. The van der Waals surface area contributed by atoms with Crippen LogP contribution in [0.4, 0.5) is 11.4 Å². The lowest BCUT2D eigenvalue weighted by atomic mass is 9.70. The first-order valence-corrected chi connectivity index (χ1v) is 29.3. The van der Waals surface area contributed by atoms with Gasteiger partial charge in [-0.3, -0.25) is 0 Å². The number of rotatable bonds is 6. The lowest BCUT2D eigenvalue weighted by molar-refractivity contribution is 0.584. The van der Waals surface area contributed by atoms with Crippen molar-refractivity contribution >= 4 is 60.7 Å². The van der Waals surface area contributed by atoms with Crippen LogP contribution in [0.3, 0.4) is 0 Å². The summed E-state index contributed by atoms with van der Waals surface area (Å²) in [5.41, 5.74) is 29.7. The summed E-state index contributed by atoms with van der Waals surface area (Å²) in [6, 6.07) is 79.0. The summed E-state index contributed by atoms with van der Waals surface area (Å²) in [7, 11) is 0. The van der Waals surface area contributed by atoms with Crippen molar-refractivity contribution in [2.45, 2.75) is 69.7 Å². The molecule has 2 atom stereocenters. The van der Waals surface area contributed by atoms with Crippen molar-refractivity contribution in [2.75, 3.05) is 4.90 Å². The van der Waals surface area contributed by atoms with Gasteiger partial charge in [-0.25, -0.2) is 0 Å². The maximum absolute atomic E-state index is 7.13. The highest BCUT2D eigenvalue weighted by atomic mass is 16.3. The molecular formula is C79H60N2O. The molecule has 0 bridgehead atoms. The van der Waals surface area contributed by atoms with E-state index in [0.29, 0.717) is 6.04 Å². The predicted octanol–water partition coefficient (Wildman–Crippen LogP) is 20.7. The van der Waals surface area contributed by atoms with Gasteiger partial charge in [0.05, 0.1) is 17.1 Å². The molecule has 3 heteroatoms. The summed E-state index contributed by atoms with van der Waals surface area (Å²) in [4.78, 5) is 2.53. The molecule has 12 aromatic rings. The first-order chi connectivity index (χ1) is 40.0. The number of para-hydroxylation sites is 5. The molecule has 0 amide bonds. The summed E-state index contributed by atoms with van der Waals surface area (Å²) >= 11 is 0. The van der Waals surface area contributed by atoms with Crippen molar-refractivity contribution in [3.8, 4) is 50.2 Å². The van der Waals surface area contributed by atoms with E-state index in [-0.39, 0.29) is 16.2 Å². The molecule has 0 N–H and O–H groups in total. The van der Waals surface area contributed by atoms with Gasteiger partial charge in [0.1, 0.15) is 11.2 Å². The zero-order chi connectivity index (χ0) is 54.8. The molecule has 10 aromatic carbocycles. The molecule has 1 aliphatic heterocycles. The van der Waals surface area contributed by atoms with Crippen LogP contribution in [0.5, 0.6) is 0 Å². The van der Waals surface area contributed by atoms with Crippen LogP contribution in [0.2, 0.25) is 0 Å². The fraction of sp³-hybridized carbons (Fsp3) is 0.139. The second-order valence-corrected chi connectivity index (χ2v) is 24.9. The first-order valence-electron chi connectivity index (χ1n) is 29.3. The Morgan fingerprint density at radius 2 is 1.09 bits per heavy atom. The SMILES string of the molecule is CC1(c2ccc3c(c2)C(C)(C)c2c4c(c5oc6ccccc6c5c2-3)-c2ccc(-c3ccc(-c5ccc6c(c5)c5ccccc5n6-c5ccccc5)cc3)cc2C4(C)C)C=CC(C2=CCC3C(=C2)c2ccccc2N3c2ccccc2)=CC1. The predicted molar refractivity (Wildman–Crippen MR) is 343 cm³/mol. The number of benzene rings is 10. The molecule has 17 rings (SSSR count). The van der Waals surface area contributed by atoms with Gasteiger partial charge in [-0.1, -0.05) is 211 Å². The molecule has 2 aromatic heterocycles. The van der Waals surface area contributed by atoms with Gasteiger partial charge in [-0.15, -0.1) is 0 Å². The zero-order valence-electron chi connectivity index (χ0n) is 46.9. The third-order valence-electron chi connectivity index (χ3n) is 19.7. The Bertz CT molecular complexity index is 4860. The van der Waals surface area contributed by atoms with Crippen LogP contribution >= 0.6 is 0 Å². The largest absolute Gasteiger partial charge is 0.455 e. The lowest BCUT2D eigenvalue weighted by Crippen LogP contribution is -2.27. The normalized spacial score (nSPS) is 18.7. The number of aromatic nitrogens is 1. The fourth-order valence-corrected chi connectivity index (χ4v) is 15.5. The van der Waals surface area contributed by atoms with Crippen LogP contribution < -0.4 is 4.90 Å². The van der Waals surface area contributed by atoms with Crippen molar-refractivity contribution in [3.63, 3.8) is 0 Å². The van der Waals surface area contributed by atoms with Gasteiger partial charge < -0.3 is 13.9 Å². The van der Waals surface area contributed by atoms with E-state index in [1.807, 2.05) is 0 Å². The van der Waals surface area contributed by atoms with Gasteiger partial charge in [0.25, 0.3) is 0 Å². The highest BCUT2D eigenvalue weighted by Crippen LogP contribution is 2.64. The van der Waals surface area contributed by atoms with E-state index >= 15 is 0 Å². The fourth-order valence-electron chi connectivity index (χ4n) is 15.5. The number of anilines is 2. The topological polar surface area (TPSA) is 21.3 Å². The van der Waals surface area contributed by atoms with E-state index < -0.39 is 0 Å². The van der Waals surface area contributed by atoms with Gasteiger partial charge in [0.2, 0.25) is 0 Å². The van der Waals surface area contributed by atoms with E-state index in [2.05, 4.69) is 287 Å². The summed E-state index contributed by atoms with van der Waals surface area (Å²) < 4.78 is 9.51. The minimum atomic E-state index is -0.308. The van der Waals surface area contributed by atoms with E-state index in [0.717, 1.165) is 24.0 Å². The number of nitrogens with zero attached hydrogens (tertiary/aromatic N) is 2. The Hall–Kier alpha value is -9.44. The molecule has 2 unspecified atom stereocenters. The molecule has 0 fully saturated rings. The van der Waals surface area contributed by atoms with Crippen LogP contribution in [0.15, 0.2) is 258 Å². The van der Waals surface area contributed by atoms with E-state index in [1.54, 1.807) is 0 Å². The van der Waals surface area contributed by atoms with Crippen molar-refractivity contribution < 1.29 is 4.42 Å². The second kappa shape index (κ2) is 17.0.